The summed E-state index contributed by atoms with van der Waals surface area (Å²) in [5.41, 5.74) is 0. The standard InChI is InChI=1S/C22H46O2S2Si2.C12H30O2S2Si2/c1-7-21(27(3,4)23-19-15-11-9-12-16-19)25-26-22(8-2)28(5,6)24-20-17-13-10-14-18-20;1-9-11(17(5,6)13-3)15-16-12(10-2)18(7,8)14-4/h19-22H,7-18H2,1-6H3;11-12H,9-10H2,1-8H3. The second-order valence-electron chi connectivity index (χ2n) is 15.6. The highest BCUT2D eigenvalue weighted by molar-refractivity contribution is 8.78. The van der Waals surface area contributed by atoms with Crippen molar-refractivity contribution in [2.75, 3.05) is 14.2 Å². The molecule has 276 valence electrons. The number of hydrogen-bond donors (Lipinski definition) is 0. The summed E-state index contributed by atoms with van der Waals surface area (Å²) >= 11 is 0. The summed E-state index contributed by atoms with van der Waals surface area (Å²) in [4.78, 5) is 2.66. The Morgan fingerprint density at radius 3 is 0.891 bits per heavy atom. The summed E-state index contributed by atoms with van der Waals surface area (Å²) in [6, 6.07) is 0. The molecular formula is C34H76O4S4Si4. The molecule has 46 heavy (non-hydrogen) atoms. The normalized spacial score (nSPS) is 20.5. The molecule has 4 nitrogen and oxygen atoms in total. The summed E-state index contributed by atoms with van der Waals surface area (Å²) in [6.45, 7) is 28.4. The fourth-order valence-corrected chi connectivity index (χ4v) is 32.8. The molecule has 0 saturated heterocycles. The molecule has 0 N–H and O–H groups in total. The molecule has 0 aliphatic heterocycles. The van der Waals surface area contributed by atoms with Crippen LogP contribution < -0.4 is 0 Å². The minimum absolute atomic E-state index is 0.539. The fourth-order valence-electron chi connectivity index (χ4n) is 6.61. The molecule has 0 aromatic rings. The first kappa shape index (κ1) is 46.1. The highest BCUT2D eigenvalue weighted by atomic mass is 33.1. The minimum atomic E-state index is -1.68. The van der Waals surface area contributed by atoms with Gasteiger partial charge in [0, 0.05) is 45.9 Å². The Hall–Kier alpha value is 2.11. The molecular weight excluding hydrogens is 713 g/mol. The van der Waals surface area contributed by atoms with Crippen LogP contribution in [0.5, 0.6) is 0 Å². The molecule has 2 rings (SSSR count). The van der Waals surface area contributed by atoms with E-state index in [9.17, 15) is 0 Å². The van der Waals surface area contributed by atoms with Gasteiger partial charge >= 0.3 is 0 Å². The Morgan fingerprint density at radius 1 is 0.435 bits per heavy atom. The second kappa shape index (κ2) is 22.9. The van der Waals surface area contributed by atoms with Crippen LogP contribution in [0.15, 0.2) is 0 Å². The van der Waals surface area contributed by atoms with E-state index >= 15 is 0 Å². The first-order valence-corrected chi connectivity index (χ1v) is 35.1. The lowest BCUT2D eigenvalue weighted by molar-refractivity contribution is 0.144. The van der Waals surface area contributed by atoms with Crippen molar-refractivity contribution in [2.45, 2.75) is 202 Å². The quantitative estimate of drug-likeness (QED) is 0.0892. The Kier molecular flexibility index (Phi) is 23.0. The van der Waals surface area contributed by atoms with Crippen molar-refractivity contribution >= 4 is 76.4 Å². The summed E-state index contributed by atoms with van der Waals surface area (Å²) < 4.78 is 25.1. The van der Waals surface area contributed by atoms with Gasteiger partial charge in [0.2, 0.25) is 16.6 Å². The molecule has 0 spiro atoms. The molecule has 0 amide bonds. The van der Waals surface area contributed by atoms with E-state index in [2.05, 4.69) is 102 Å². The van der Waals surface area contributed by atoms with Crippen molar-refractivity contribution in [3.05, 3.63) is 0 Å². The first-order chi connectivity index (χ1) is 21.5. The van der Waals surface area contributed by atoms with E-state index in [1.165, 1.54) is 89.9 Å². The summed E-state index contributed by atoms with van der Waals surface area (Å²) in [6.07, 6.45) is 19.3. The Balaban J connectivity index is 0.000000510. The van der Waals surface area contributed by atoms with Crippen molar-refractivity contribution in [3.8, 4) is 0 Å². The van der Waals surface area contributed by atoms with Crippen molar-refractivity contribution in [3.63, 3.8) is 0 Å². The average molecular weight is 790 g/mol. The van der Waals surface area contributed by atoms with Crippen LogP contribution in [-0.4, -0.2) is 79.2 Å². The minimum Gasteiger partial charge on any atom is -0.419 e. The number of hydrogen-bond acceptors (Lipinski definition) is 8. The number of rotatable bonds is 20. The summed E-state index contributed by atoms with van der Waals surface area (Å²) in [7, 11) is 5.65. The van der Waals surface area contributed by atoms with E-state index in [0.29, 0.717) is 31.7 Å². The molecule has 2 saturated carbocycles. The summed E-state index contributed by atoms with van der Waals surface area (Å²) in [5, 5.41) is 0. The van der Waals surface area contributed by atoms with Crippen LogP contribution in [0, 0.1) is 0 Å². The van der Waals surface area contributed by atoms with E-state index < -0.39 is 33.3 Å². The third-order valence-electron chi connectivity index (χ3n) is 10.3. The van der Waals surface area contributed by atoms with Gasteiger partial charge in [-0.25, -0.2) is 0 Å². The van der Waals surface area contributed by atoms with Crippen LogP contribution in [0.2, 0.25) is 52.4 Å². The Labute approximate surface area is 308 Å². The molecule has 0 radical (unpaired) electrons. The molecule has 4 atom stereocenters. The van der Waals surface area contributed by atoms with Gasteiger partial charge in [0.05, 0.1) is 0 Å². The van der Waals surface area contributed by atoms with E-state index in [0.717, 1.165) is 0 Å². The molecule has 2 aliphatic rings. The maximum Gasteiger partial charge on any atom is 0.200 e. The van der Waals surface area contributed by atoms with Crippen LogP contribution in [0.4, 0.5) is 0 Å². The van der Waals surface area contributed by atoms with Gasteiger partial charge in [0.25, 0.3) is 0 Å². The van der Waals surface area contributed by atoms with Crippen molar-refractivity contribution < 1.29 is 17.7 Å². The smallest absolute Gasteiger partial charge is 0.200 e. The molecule has 0 aromatic carbocycles. The van der Waals surface area contributed by atoms with Crippen LogP contribution in [0.25, 0.3) is 0 Å². The topological polar surface area (TPSA) is 36.9 Å². The van der Waals surface area contributed by atoms with Crippen molar-refractivity contribution in [2.24, 2.45) is 0 Å². The van der Waals surface area contributed by atoms with Gasteiger partial charge in [-0.05, 0) is 104 Å². The maximum absolute atomic E-state index is 6.79. The van der Waals surface area contributed by atoms with Gasteiger partial charge in [0.1, 0.15) is 0 Å². The molecule has 0 bridgehead atoms. The van der Waals surface area contributed by atoms with Crippen LogP contribution in [-0.2, 0) is 17.7 Å². The monoisotopic (exact) mass is 788 g/mol. The van der Waals surface area contributed by atoms with Gasteiger partial charge in [-0.2, -0.15) is 0 Å². The second-order valence-corrected chi connectivity index (χ2v) is 39.5. The zero-order valence-corrected chi connectivity index (χ0v) is 39.9. The maximum atomic E-state index is 6.79. The zero-order chi connectivity index (χ0) is 35.0. The molecule has 2 fully saturated rings. The van der Waals surface area contributed by atoms with Crippen LogP contribution in [0.3, 0.4) is 0 Å². The van der Waals surface area contributed by atoms with E-state index in [1.54, 1.807) is 0 Å². The summed E-state index contributed by atoms with van der Waals surface area (Å²) in [5.74, 6) is 0. The first-order valence-electron chi connectivity index (χ1n) is 18.6. The van der Waals surface area contributed by atoms with E-state index in [1.807, 2.05) is 35.8 Å². The van der Waals surface area contributed by atoms with Gasteiger partial charge in [-0.15, -0.1) is 0 Å². The fraction of sp³-hybridized carbons (Fsp3) is 1.00. The Bertz CT molecular complexity index is 733. The molecule has 2 aliphatic carbocycles. The third kappa shape index (κ3) is 16.2. The predicted octanol–water partition coefficient (Wildman–Crippen LogP) is 12.8. The molecule has 12 heteroatoms. The van der Waals surface area contributed by atoms with Crippen LogP contribution >= 0.6 is 43.2 Å². The highest BCUT2D eigenvalue weighted by Crippen LogP contribution is 2.44. The van der Waals surface area contributed by atoms with Gasteiger partial charge in [-0.1, -0.05) is 109 Å². The lowest BCUT2D eigenvalue weighted by Crippen LogP contribution is -2.47. The van der Waals surface area contributed by atoms with Crippen molar-refractivity contribution in [1.29, 1.82) is 0 Å². The Morgan fingerprint density at radius 2 is 0.674 bits per heavy atom. The van der Waals surface area contributed by atoms with Gasteiger partial charge < -0.3 is 17.7 Å². The SMILES string of the molecule is CCC(SSC(CC)[Si](C)(C)OC)[Si](C)(C)OC.CCC(SSC(CC)[Si](C)(C)OC1CCCCC1)[Si](C)(C)OC1CCCCC1. The lowest BCUT2D eigenvalue weighted by atomic mass is 9.98. The predicted molar refractivity (Wildman–Crippen MR) is 227 cm³/mol. The van der Waals surface area contributed by atoms with E-state index in [4.69, 9.17) is 17.7 Å². The third-order valence-corrected chi connectivity index (χ3v) is 38.3. The van der Waals surface area contributed by atoms with Crippen LogP contribution in [0.1, 0.15) is 118 Å². The zero-order valence-electron chi connectivity index (χ0n) is 32.6. The molecule has 0 heterocycles. The molecule has 4 unspecified atom stereocenters. The van der Waals surface area contributed by atoms with Gasteiger partial charge in [-0.3, -0.25) is 0 Å². The molecule has 0 aromatic heterocycles. The lowest BCUT2D eigenvalue weighted by Gasteiger charge is -2.39. The van der Waals surface area contributed by atoms with E-state index in [-0.39, 0.29) is 0 Å². The largest absolute Gasteiger partial charge is 0.419 e. The van der Waals surface area contributed by atoms with Crippen molar-refractivity contribution in [1.82, 2.24) is 0 Å². The van der Waals surface area contributed by atoms with Gasteiger partial charge in [0.15, 0.2) is 16.6 Å². The highest BCUT2D eigenvalue weighted by Gasteiger charge is 2.41. The average Bonchev–Trinajstić information content (AvgIpc) is 3.01.